The van der Waals surface area contributed by atoms with Gasteiger partial charge in [0.15, 0.2) is 0 Å². The highest BCUT2D eigenvalue weighted by atomic mass is 32.1. The number of amides is 2. The number of hydrogen-bond acceptors (Lipinski definition) is 5. The van der Waals surface area contributed by atoms with E-state index < -0.39 is 23.4 Å². The summed E-state index contributed by atoms with van der Waals surface area (Å²) in [5, 5.41) is 0.937. The van der Waals surface area contributed by atoms with Gasteiger partial charge in [-0.15, -0.1) is 11.3 Å². The number of rotatable bonds is 6. The number of thiophene rings is 1. The lowest BCUT2D eigenvalue weighted by atomic mass is 9.95. The average Bonchev–Trinajstić information content (AvgIpc) is 3.41. The van der Waals surface area contributed by atoms with E-state index in [1.54, 1.807) is 6.07 Å². The highest BCUT2D eigenvalue weighted by Crippen LogP contribution is 2.32. The van der Waals surface area contributed by atoms with E-state index in [1.165, 1.54) is 11.3 Å². The molecule has 3 aromatic rings. The molecule has 0 bridgehead atoms. The van der Waals surface area contributed by atoms with Crippen LogP contribution in [0.25, 0.3) is 10.1 Å². The van der Waals surface area contributed by atoms with Crippen LogP contribution in [-0.4, -0.2) is 34.6 Å². The topological polar surface area (TPSA) is 80.5 Å². The van der Waals surface area contributed by atoms with Crippen LogP contribution >= 0.6 is 11.3 Å². The standard InChI is InChI=1S/C24H24N2O3S/c25-24(12-6-7-13-24)23(29)26(19(16-27)14-17-8-2-1-3-9-17)22(28)21-15-18-10-4-5-11-20(18)30-21/h1-5,8-11,15-16,19H,6-7,12-14,25H2/t19-/m0/s1. The summed E-state index contributed by atoms with van der Waals surface area (Å²) in [5.41, 5.74) is 6.21. The zero-order valence-corrected chi connectivity index (χ0v) is 17.4. The first-order chi connectivity index (χ1) is 14.5. The Hall–Kier alpha value is -2.83. The number of hydrogen-bond donors (Lipinski definition) is 1. The molecule has 1 aromatic heterocycles. The van der Waals surface area contributed by atoms with Gasteiger partial charge >= 0.3 is 0 Å². The molecule has 1 atom stereocenters. The second kappa shape index (κ2) is 8.50. The molecule has 2 aromatic carbocycles. The Kier molecular flexibility index (Phi) is 5.79. The molecule has 1 aliphatic carbocycles. The summed E-state index contributed by atoms with van der Waals surface area (Å²) in [6.07, 6.45) is 3.70. The van der Waals surface area contributed by atoms with Gasteiger partial charge in [-0.05, 0) is 35.9 Å². The quantitative estimate of drug-likeness (QED) is 0.484. The summed E-state index contributed by atoms with van der Waals surface area (Å²) in [6, 6.07) is 18.0. The fourth-order valence-electron chi connectivity index (χ4n) is 4.11. The van der Waals surface area contributed by atoms with Crippen LogP contribution in [0, 0.1) is 0 Å². The highest BCUT2D eigenvalue weighted by molar-refractivity contribution is 7.20. The van der Waals surface area contributed by atoms with Crippen molar-refractivity contribution in [3.05, 3.63) is 71.1 Å². The number of nitrogens with two attached hydrogens (primary N) is 1. The Morgan fingerprint density at radius 1 is 1.07 bits per heavy atom. The van der Waals surface area contributed by atoms with Gasteiger partial charge in [0.2, 0.25) is 5.91 Å². The van der Waals surface area contributed by atoms with E-state index >= 15 is 0 Å². The van der Waals surface area contributed by atoms with Gasteiger partial charge in [0.1, 0.15) is 6.29 Å². The van der Waals surface area contributed by atoms with Crippen LogP contribution in [-0.2, 0) is 16.0 Å². The zero-order chi connectivity index (χ0) is 21.1. The zero-order valence-electron chi connectivity index (χ0n) is 16.6. The molecule has 1 saturated carbocycles. The van der Waals surface area contributed by atoms with Crippen molar-refractivity contribution in [3.63, 3.8) is 0 Å². The molecule has 4 rings (SSSR count). The monoisotopic (exact) mass is 420 g/mol. The van der Waals surface area contributed by atoms with E-state index in [4.69, 9.17) is 5.73 Å². The third-order valence-electron chi connectivity index (χ3n) is 5.77. The van der Waals surface area contributed by atoms with Gasteiger partial charge in [-0.2, -0.15) is 0 Å². The number of carbonyl (C=O) groups is 3. The molecule has 1 heterocycles. The number of carbonyl (C=O) groups excluding carboxylic acids is 3. The van der Waals surface area contributed by atoms with E-state index in [0.717, 1.165) is 33.4 Å². The van der Waals surface area contributed by atoms with Crippen LogP contribution in [0.1, 0.15) is 40.9 Å². The summed E-state index contributed by atoms with van der Waals surface area (Å²) in [5.74, 6) is -0.901. The Morgan fingerprint density at radius 3 is 2.40 bits per heavy atom. The summed E-state index contributed by atoms with van der Waals surface area (Å²) in [6.45, 7) is 0. The Morgan fingerprint density at radius 2 is 1.73 bits per heavy atom. The second-order valence-corrected chi connectivity index (χ2v) is 8.97. The minimum absolute atomic E-state index is 0.267. The number of benzene rings is 2. The minimum atomic E-state index is -1.09. The molecular weight excluding hydrogens is 396 g/mol. The molecule has 5 nitrogen and oxygen atoms in total. The molecule has 1 fully saturated rings. The average molecular weight is 421 g/mol. The van der Waals surface area contributed by atoms with E-state index in [1.807, 2.05) is 54.6 Å². The van der Waals surface area contributed by atoms with Crippen molar-refractivity contribution in [1.82, 2.24) is 4.90 Å². The predicted molar refractivity (Wildman–Crippen MR) is 118 cm³/mol. The highest BCUT2D eigenvalue weighted by Gasteiger charge is 2.44. The van der Waals surface area contributed by atoms with Crippen LogP contribution in [0.3, 0.4) is 0 Å². The number of aldehydes is 1. The number of nitrogens with zero attached hydrogens (tertiary/aromatic N) is 1. The number of fused-ring (bicyclic) bond motifs is 1. The van der Waals surface area contributed by atoms with Gasteiger partial charge in [0.05, 0.1) is 16.5 Å². The molecular formula is C24H24N2O3S. The van der Waals surface area contributed by atoms with Crippen molar-refractivity contribution in [3.8, 4) is 0 Å². The molecule has 0 spiro atoms. The molecule has 0 unspecified atom stereocenters. The van der Waals surface area contributed by atoms with Gasteiger partial charge in [-0.25, -0.2) is 0 Å². The van der Waals surface area contributed by atoms with Crippen molar-refractivity contribution in [2.24, 2.45) is 5.73 Å². The molecule has 2 amide bonds. The van der Waals surface area contributed by atoms with Crippen LogP contribution in [0.5, 0.6) is 0 Å². The molecule has 0 saturated heterocycles. The van der Waals surface area contributed by atoms with Crippen LogP contribution in [0.4, 0.5) is 0 Å². The molecule has 0 aliphatic heterocycles. The lowest BCUT2D eigenvalue weighted by Gasteiger charge is -2.33. The minimum Gasteiger partial charge on any atom is -0.317 e. The summed E-state index contributed by atoms with van der Waals surface area (Å²) < 4.78 is 0.960. The fraction of sp³-hybridized carbons (Fsp3) is 0.292. The fourth-order valence-corrected chi connectivity index (χ4v) is 5.11. The van der Waals surface area contributed by atoms with Crippen molar-refractivity contribution in [2.45, 2.75) is 43.7 Å². The van der Waals surface area contributed by atoms with Crippen molar-refractivity contribution in [2.75, 3.05) is 0 Å². The molecule has 30 heavy (non-hydrogen) atoms. The maximum Gasteiger partial charge on any atom is 0.271 e. The van der Waals surface area contributed by atoms with E-state index in [2.05, 4.69) is 0 Å². The Balaban J connectivity index is 1.72. The summed E-state index contributed by atoms with van der Waals surface area (Å²) in [4.78, 5) is 40.7. The van der Waals surface area contributed by atoms with Gasteiger partial charge in [-0.3, -0.25) is 14.5 Å². The predicted octanol–water partition coefficient (Wildman–Crippen LogP) is 3.95. The maximum atomic E-state index is 13.5. The van der Waals surface area contributed by atoms with Gasteiger partial charge < -0.3 is 10.5 Å². The molecule has 0 radical (unpaired) electrons. The number of imide groups is 1. The first-order valence-electron chi connectivity index (χ1n) is 10.2. The maximum absolute atomic E-state index is 13.5. The molecule has 154 valence electrons. The lowest BCUT2D eigenvalue weighted by molar-refractivity contribution is -0.138. The summed E-state index contributed by atoms with van der Waals surface area (Å²) >= 11 is 1.33. The van der Waals surface area contributed by atoms with Crippen molar-refractivity contribution in [1.29, 1.82) is 0 Å². The molecule has 6 heteroatoms. The van der Waals surface area contributed by atoms with E-state index in [0.29, 0.717) is 24.0 Å². The Labute approximate surface area is 179 Å². The van der Waals surface area contributed by atoms with Crippen LogP contribution < -0.4 is 5.73 Å². The second-order valence-electron chi connectivity index (χ2n) is 7.89. The SMILES string of the molecule is NC1(C(=O)N(C(=O)c2cc3ccccc3s2)[C@H](C=O)Cc2ccccc2)CCCC1. The lowest BCUT2D eigenvalue weighted by Crippen LogP contribution is -2.59. The normalized spacial score (nSPS) is 16.3. The third kappa shape index (κ3) is 3.93. The van der Waals surface area contributed by atoms with Crippen molar-refractivity contribution >= 4 is 39.5 Å². The molecule has 2 N–H and O–H groups in total. The van der Waals surface area contributed by atoms with Gasteiger partial charge in [0, 0.05) is 11.1 Å². The smallest absolute Gasteiger partial charge is 0.271 e. The van der Waals surface area contributed by atoms with Crippen molar-refractivity contribution < 1.29 is 14.4 Å². The largest absolute Gasteiger partial charge is 0.317 e. The van der Waals surface area contributed by atoms with Crippen LogP contribution in [0.15, 0.2) is 60.7 Å². The third-order valence-corrected chi connectivity index (χ3v) is 6.88. The first kappa shape index (κ1) is 20.4. The first-order valence-corrected chi connectivity index (χ1v) is 11.0. The summed E-state index contributed by atoms with van der Waals surface area (Å²) in [7, 11) is 0. The van der Waals surface area contributed by atoms with E-state index in [-0.39, 0.29) is 6.42 Å². The van der Waals surface area contributed by atoms with E-state index in [9.17, 15) is 14.4 Å². The van der Waals surface area contributed by atoms with Crippen LogP contribution in [0.2, 0.25) is 0 Å². The Bertz CT molecular complexity index is 1040. The molecule has 1 aliphatic rings. The van der Waals surface area contributed by atoms with Gasteiger partial charge in [-0.1, -0.05) is 61.4 Å². The van der Waals surface area contributed by atoms with Gasteiger partial charge in [0.25, 0.3) is 5.91 Å².